The summed E-state index contributed by atoms with van der Waals surface area (Å²) in [4.78, 5) is 14.3. The minimum absolute atomic E-state index is 0.207. The maximum atomic E-state index is 12.7. The van der Waals surface area contributed by atoms with Crippen LogP contribution in [0.2, 0.25) is 0 Å². The molecule has 0 bridgehead atoms. The number of hydrogen-bond donors (Lipinski definition) is 1. The summed E-state index contributed by atoms with van der Waals surface area (Å²) in [7, 11) is -3.52. The summed E-state index contributed by atoms with van der Waals surface area (Å²) in [5.74, 6) is 0.737. The van der Waals surface area contributed by atoms with Gasteiger partial charge in [-0.2, -0.15) is 0 Å². The number of nitrogens with one attached hydrogen (secondary N) is 1. The number of likely N-dealkylation sites (tertiary alicyclic amines) is 1. The first-order valence-corrected chi connectivity index (χ1v) is 12.1. The molecule has 30 heavy (non-hydrogen) atoms. The van der Waals surface area contributed by atoms with Crippen molar-refractivity contribution in [1.29, 1.82) is 0 Å². The SMILES string of the molecule is O=C(Oc1ccccc1)N1CCC(CNS(=O)(=O)c2ccc3c(c2)CCCC3)CC1. The van der Waals surface area contributed by atoms with Gasteiger partial charge in [-0.15, -0.1) is 0 Å². The third-order valence-electron chi connectivity index (χ3n) is 6.01. The van der Waals surface area contributed by atoms with Gasteiger partial charge >= 0.3 is 6.09 Å². The second-order valence-corrected chi connectivity index (χ2v) is 9.87. The lowest BCUT2D eigenvalue weighted by Gasteiger charge is -2.31. The van der Waals surface area contributed by atoms with Crippen LogP contribution in [0.15, 0.2) is 53.4 Å². The van der Waals surface area contributed by atoms with E-state index in [2.05, 4.69) is 4.72 Å². The molecule has 0 spiro atoms. The number of piperidine rings is 1. The number of carbonyl (C=O) groups excluding carboxylic acids is 1. The van der Waals surface area contributed by atoms with Crippen molar-refractivity contribution < 1.29 is 17.9 Å². The Morgan fingerprint density at radius 2 is 1.70 bits per heavy atom. The highest BCUT2D eigenvalue weighted by molar-refractivity contribution is 7.89. The quantitative estimate of drug-likeness (QED) is 0.787. The summed E-state index contributed by atoms with van der Waals surface area (Å²) in [6.07, 6.45) is 5.43. The molecule has 1 N–H and O–H groups in total. The van der Waals surface area contributed by atoms with Crippen molar-refractivity contribution in [3.8, 4) is 5.75 Å². The Labute approximate surface area is 178 Å². The van der Waals surface area contributed by atoms with E-state index in [1.165, 1.54) is 12.0 Å². The lowest BCUT2D eigenvalue weighted by atomic mass is 9.92. The molecule has 0 radical (unpaired) electrons. The number of benzene rings is 2. The van der Waals surface area contributed by atoms with Crippen LogP contribution in [0.4, 0.5) is 4.79 Å². The van der Waals surface area contributed by atoms with Gasteiger partial charge in [0.05, 0.1) is 4.90 Å². The van der Waals surface area contributed by atoms with E-state index in [1.807, 2.05) is 30.3 Å². The molecule has 6 nitrogen and oxygen atoms in total. The molecule has 1 amide bonds. The molecule has 160 valence electrons. The van der Waals surface area contributed by atoms with Gasteiger partial charge in [0, 0.05) is 19.6 Å². The van der Waals surface area contributed by atoms with Crippen molar-refractivity contribution in [3.05, 3.63) is 59.7 Å². The van der Waals surface area contributed by atoms with E-state index in [0.717, 1.165) is 37.7 Å². The molecule has 2 aromatic rings. The topological polar surface area (TPSA) is 75.7 Å². The molecule has 0 unspecified atom stereocenters. The molecular weight excluding hydrogens is 400 g/mol. The molecule has 0 saturated carbocycles. The summed E-state index contributed by atoms with van der Waals surface area (Å²) in [6, 6.07) is 14.5. The van der Waals surface area contributed by atoms with Gasteiger partial charge in [0.25, 0.3) is 0 Å². The molecule has 7 heteroatoms. The monoisotopic (exact) mass is 428 g/mol. The van der Waals surface area contributed by atoms with Crippen LogP contribution in [0, 0.1) is 5.92 Å². The Hall–Kier alpha value is -2.38. The van der Waals surface area contributed by atoms with Gasteiger partial charge in [0.1, 0.15) is 5.75 Å². The fourth-order valence-corrected chi connectivity index (χ4v) is 5.33. The Bertz CT molecular complexity index is 984. The van der Waals surface area contributed by atoms with Crippen LogP contribution in [0.25, 0.3) is 0 Å². The summed E-state index contributed by atoms with van der Waals surface area (Å²) in [5, 5.41) is 0. The van der Waals surface area contributed by atoms with Gasteiger partial charge in [0.2, 0.25) is 10.0 Å². The van der Waals surface area contributed by atoms with Crippen molar-refractivity contribution in [1.82, 2.24) is 9.62 Å². The van der Waals surface area contributed by atoms with E-state index in [4.69, 9.17) is 4.74 Å². The van der Waals surface area contributed by atoms with Crippen LogP contribution >= 0.6 is 0 Å². The van der Waals surface area contributed by atoms with Gasteiger partial charge in [-0.25, -0.2) is 17.9 Å². The van der Waals surface area contributed by atoms with Gasteiger partial charge < -0.3 is 9.64 Å². The summed E-state index contributed by atoms with van der Waals surface area (Å²) in [6.45, 7) is 1.52. The molecule has 0 aromatic heterocycles. The van der Waals surface area contributed by atoms with Crippen molar-refractivity contribution >= 4 is 16.1 Å². The number of para-hydroxylation sites is 1. The lowest BCUT2D eigenvalue weighted by molar-refractivity contribution is 0.131. The highest BCUT2D eigenvalue weighted by Crippen LogP contribution is 2.24. The number of hydrogen-bond acceptors (Lipinski definition) is 4. The van der Waals surface area contributed by atoms with Crippen molar-refractivity contribution in [3.63, 3.8) is 0 Å². The van der Waals surface area contributed by atoms with E-state index < -0.39 is 10.0 Å². The fourth-order valence-electron chi connectivity index (χ4n) is 4.16. The first-order chi connectivity index (χ1) is 14.5. The second kappa shape index (κ2) is 9.18. The number of sulfonamides is 1. The predicted molar refractivity (Wildman–Crippen MR) is 115 cm³/mol. The van der Waals surface area contributed by atoms with Crippen molar-refractivity contribution in [2.45, 2.75) is 43.4 Å². The predicted octanol–water partition coefficient (Wildman–Crippen LogP) is 3.75. The summed E-state index contributed by atoms with van der Waals surface area (Å²) >= 11 is 0. The van der Waals surface area contributed by atoms with E-state index in [1.54, 1.807) is 23.1 Å². The maximum Gasteiger partial charge on any atom is 0.415 e. The average molecular weight is 429 g/mol. The second-order valence-electron chi connectivity index (χ2n) is 8.10. The molecule has 2 aliphatic rings. The number of aryl methyl sites for hydroxylation is 2. The Morgan fingerprint density at radius 1 is 1.00 bits per heavy atom. The van der Waals surface area contributed by atoms with Gasteiger partial charge in [-0.1, -0.05) is 24.3 Å². The minimum Gasteiger partial charge on any atom is -0.410 e. The number of carbonyl (C=O) groups is 1. The van der Waals surface area contributed by atoms with Crippen LogP contribution in [-0.4, -0.2) is 39.0 Å². The number of amides is 1. The Morgan fingerprint density at radius 3 is 2.43 bits per heavy atom. The number of ether oxygens (including phenoxy) is 1. The Balaban J connectivity index is 1.27. The summed E-state index contributed by atoms with van der Waals surface area (Å²) < 4.78 is 33.6. The number of fused-ring (bicyclic) bond motifs is 1. The first kappa shape index (κ1) is 20.9. The van der Waals surface area contributed by atoms with Crippen molar-refractivity contribution in [2.75, 3.05) is 19.6 Å². The first-order valence-electron chi connectivity index (χ1n) is 10.6. The zero-order valence-electron chi connectivity index (χ0n) is 17.0. The molecule has 2 aromatic carbocycles. The summed E-state index contributed by atoms with van der Waals surface area (Å²) in [5.41, 5.74) is 2.43. The van der Waals surface area contributed by atoms with Crippen LogP contribution in [0.3, 0.4) is 0 Å². The molecule has 1 aliphatic heterocycles. The van der Waals surface area contributed by atoms with Crippen molar-refractivity contribution in [2.24, 2.45) is 5.92 Å². The molecule has 1 saturated heterocycles. The van der Waals surface area contributed by atoms with E-state index in [0.29, 0.717) is 30.3 Å². The largest absolute Gasteiger partial charge is 0.415 e. The highest BCUT2D eigenvalue weighted by atomic mass is 32.2. The number of nitrogens with zero attached hydrogens (tertiary/aromatic N) is 1. The minimum atomic E-state index is -3.52. The standard InChI is InChI=1S/C23H28N2O4S/c26-23(29-21-8-2-1-3-9-21)25-14-12-18(13-15-25)17-24-30(27,28)22-11-10-19-6-4-5-7-20(19)16-22/h1-3,8-11,16,18,24H,4-7,12-15,17H2. The average Bonchev–Trinajstić information content (AvgIpc) is 2.78. The number of rotatable bonds is 5. The molecule has 1 heterocycles. The molecule has 1 aliphatic carbocycles. The van der Waals surface area contributed by atoms with Gasteiger partial charge in [-0.05, 0) is 79.8 Å². The van der Waals surface area contributed by atoms with Gasteiger partial charge in [-0.3, -0.25) is 0 Å². The zero-order valence-corrected chi connectivity index (χ0v) is 17.9. The molecule has 0 atom stereocenters. The Kier molecular flexibility index (Phi) is 6.39. The van der Waals surface area contributed by atoms with Gasteiger partial charge in [0.15, 0.2) is 0 Å². The van der Waals surface area contributed by atoms with Crippen LogP contribution in [0.5, 0.6) is 5.75 Å². The third kappa shape index (κ3) is 5.02. The van der Waals surface area contributed by atoms with E-state index in [9.17, 15) is 13.2 Å². The van der Waals surface area contributed by atoms with E-state index in [-0.39, 0.29) is 12.0 Å². The molecular formula is C23H28N2O4S. The fraction of sp³-hybridized carbons (Fsp3) is 0.435. The normalized spacial score (nSPS) is 17.4. The van der Waals surface area contributed by atoms with Crippen LogP contribution in [-0.2, 0) is 22.9 Å². The van der Waals surface area contributed by atoms with E-state index >= 15 is 0 Å². The molecule has 4 rings (SSSR count). The smallest absolute Gasteiger partial charge is 0.410 e. The third-order valence-corrected chi connectivity index (χ3v) is 7.43. The molecule has 1 fully saturated rings. The van der Waals surface area contributed by atoms with Crippen LogP contribution < -0.4 is 9.46 Å². The maximum absolute atomic E-state index is 12.7. The van der Waals surface area contributed by atoms with Crippen LogP contribution in [0.1, 0.15) is 36.8 Å². The zero-order chi connectivity index (χ0) is 21.0. The lowest BCUT2D eigenvalue weighted by Crippen LogP contribution is -2.42. The highest BCUT2D eigenvalue weighted by Gasteiger charge is 2.26.